The summed E-state index contributed by atoms with van der Waals surface area (Å²) in [4.78, 5) is 2.16. The maximum Gasteiger partial charge on any atom is 0.127 e. The third kappa shape index (κ3) is 4.56. The number of rotatable bonds is 8. The van der Waals surface area contributed by atoms with Crippen molar-refractivity contribution in [2.45, 2.75) is 38.5 Å². The van der Waals surface area contributed by atoms with Crippen molar-refractivity contribution < 1.29 is 14.2 Å². The maximum absolute atomic E-state index is 13.9. The van der Waals surface area contributed by atoms with E-state index in [9.17, 15) is 9.50 Å². The summed E-state index contributed by atoms with van der Waals surface area (Å²) in [6.45, 7) is 3.24. The van der Waals surface area contributed by atoms with Gasteiger partial charge in [0, 0.05) is 24.7 Å². The molecule has 0 spiro atoms. The molecule has 1 aliphatic rings. The van der Waals surface area contributed by atoms with Crippen LogP contribution >= 0.6 is 0 Å². The largest absolute Gasteiger partial charge is 0.491 e. The van der Waals surface area contributed by atoms with E-state index in [4.69, 9.17) is 4.74 Å². The van der Waals surface area contributed by atoms with Gasteiger partial charge in [-0.15, -0.1) is 0 Å². The Morgan fingerprint density at radius 1 is 1.17 bits per heavy atom. The summed E-state index contributed by atoms with van der Waals surface area (Å²) < 4.78 is 19.6. The third-order valence-electron chi connectivity index (χ3n) is 4.36. The van der Waals surface area contributed by atoms with Gasteiger partial charge in [0.25, 0.3) is 0 Å². The van der Waals surface area contributed by atoms with Crippen molar-refractivity contribution in [1.82, 2.24) is 4.90 Å². The van der Waals surface area contributed by atoms with E-state index in [1.54, 1.807) is 12.1 Å². The first-order valence-corrected chi connectivity index (χ1v) is 8.47. The Morgan fingerprint density at radius 3 is 2.58 bits per heavy atom. The predicted molar refractivity (Wildman–Crippen MR) is 92.5 cm³/mol. The molecule has 0 heterocycles. The highest BCUT2D eigenvalue weighted by Gasteiger charge is 2.30. The Labute approximate surface area is 142 Å². The van der Waals surface area contributed by atoms with Gasteiger partial charge in [-0.1, -0.05) is 36.4 Å². The van der Waals surface area contributed by atoms with Gasteiger partial charge in [-0.25, -0.2) is 4.39 Å². The summed E-state index contributed by atoms with van der Waals surface area (Å²) in [6.07, 6.45) is 1.62. The van der Waals surface area contributed by atoms with Gasteiger partial charge in [-0.2, -0.15) is 0 Å². The molecule has 0 aliphatic heterocycles. The standard InChI is InChI=1S/C20H24FNO2/c1-15-6-2-5-9-20(15)24-14-18(23)13-22(17-10-11-17)12-16-7-3-4-8-19(16)21/h2-9,17-18,23H,10-14H2,1H3/t18-/m0/s1. The summed E-state index contributed by atoms with van der Waals surface area (Å²) in [5.74, 6) is 0.609. The first-order chi connectivity index (χ1) is 11.6. The molecule has 0 saturated heterocycles. The summed E-state index contributed by atoms with van der Waals surface area (Å²) >= 11 is 0. The van der Waals surface area contributed by atoms with Crippen LogP contribution in [0.1, 0.15) is 24.0 Å². The van der Waals surface area contributed by atoms with Crippen LogP contribution < -0.4 is 4.74 Å². The molecule has 3 rings (SSSR count). The highest BCUT2D eigenvalue weighted by atomic mass is 19.1. The fourth-order valence-corrected chi connectivity index (χ4v) is 2.86. The zero-order chi connectivity index (χ0) is 16.9. The van der Waals surface area contributed by atoms with Crippen LogP contribution in [0.15, 0.2) is 48.5 Å². The van der Waals surface area contributed by atoms with Crippen LogP contribution in [-0.4, -0.2) is 35.3 Å². The minimum Gasteiger partial charge on any atom is -0.491 e. The molecular formula is C20H24FNO2. The topological polar surface area (TPSA) is 32.7 Å². The van der Waals surface area contributed by atoms with Crippen molar-refractivity contribution >= 4 is 0 Å². The number of hydrogen-bond donors (Lipinski definition) is 1. The van der Waals surface area contributed by atoms with E-state index in [0.717, 1.165) is 24.2 Å². The summed E-state index contributed by atoms with van der Waals surface area (Å²) in [7, 11) is 0. The Balaban J connectivity index is 1.55. The van der Waals surface area contributed by atoms with Gasteiger partial charge in [0.15, 0.2) is 0 Å². The van der Waals surface area contributed by atoms with Gasteiger partial charge in [0.2, 0.25) is 0 Å². The van der Waals surface area contributed by atoms with Crippen LogP contribution in [0.2, 0.25) is 0 Å². The number of aliphatic hydroxyl groups excluding tert-OH is 1. The SMILES string of the molecule is Cc1ccccc1OC[C@@H](O)CN(Cc1ccccc1F)C1CC1. The fraction of sp³-hybridized carbons (Fsp3) is 0.400. The quantitative estimate of drug-likeness (QED) is 0.804. The van der Waals surface area contributed by atoms with Crippen LogP contribution in [0.25, 0.3) is 0 Å². The van der Waals surface area contributed by atoms with Crippen molar-refractivity contribution in [2.24, 2.45) is 0 Å². The van der Waals surface area contributed by atoms with Gasteiger partial charge in [-0.3, -0.25) is 4.90 Å². The van der Waals surface area contributed by atoms with Gasteiger partial charge < -0.3 is 9.84 Å². The van der Waals surface area contributed by atoms with Crippen molar-refractivity contribution in [1.29, 1.82) is 0 Å². The first kappa shape index (κ1) is 16.9. The van der Waals surface area contributed by atoms with Crippen LogP contribution in [-0.2, 0) is 6.54 Å². The second-order valence-corrected chi connectivity index (χ2v) is 6.48. The zero-order valence-electron chi connectivity index (χ0n) is 14.0. The lowest BCUT2D eigenvalue weighted by atomic mass is 10.2. The van der Waals surface area contributed by atoms with E-state index < -0.39 is 6.10 Å². The normalized spacial score (nSPS) is 15.5. The van der Waals surface area contributed by atoms with Crippen LogP contribution in [0.3, 0.4) is 0 Å². The molecule has 1 aliphatic carbocycles. The molecular weight excluding hydrogens is 305 g/mol. The number of para-hydroxylation sites is 1. The number of aryl methyl sites for hydroxylation is 1. The predicted octanol–water partition coefficient (Wildman–Crippen LogP) is 3.54. The smallest absolute Gasteiger partial charge is 0.127 e. The number of ether oxygens (including phenoxy) is 1. The van der Waals surface area contributed by atoms with Crippen LogP contribution in [0.5, 0.6) is 5.75 Å². The molecule has 2 aromatic rings. The van der Waals surface area contributed by atoms with Crippen LogP contribution in [0, 0.1) is 12.7 Å². The zero-order valence-corrected chi connectivity index (χ0v) is 14.0. The van der Waals surface area contributed by atoms with E-state index in [2.05, 4.69) is 4.90 Å². The number of hydrogen-bond acceptors (Lipinski definition) is 3. The lowest BCUT2D eigenvalue weighted by Gasteiger charge is -2.25. The van der Waals surface area contributed by atoms with Crippen molar-refractivity contribution in [3.05, 3.63) is 65.5 Å². The molecule has 1 atom stereocenters. The number of benzene rings is 2. The molecule has 4 heteroatoms. The van der Waals surface area contributed by atoms with Crippen LogP contribution in [0.4, 0.5) is 4.39 Å². The molecule has 3 nitrogen and oxygen atoms in total. The van der Waals surface area contributed by atoms with Gasteiger partial charge in [0.05, 0.1) is 0 Å². The number of nitrogens with zero attached hydrogens (tertiary/aromatic N) is 1. The van der Waals surface area contributed by atoms with E-state index in [0.29, 0.717) is 24.7 Å². The van der Waals surface area contributed by atoms with Gasteiger partial charge >= 0.3 is 0 Å². The fourth-order valence-electron chi connectivity index (χ4n) is 2.86. The molecule has 0 bridgehead atoms. The molecule has 24 heavy (non-hydrogen) atoms. The van der Waals surface area contributed by atoms with E-state index >= 15 is 0 Å². The molecule has 1 saturated carbocycles. The van der Waals surface area contributed by atoms with E-state index in [-0.39, 0.29) is 12.4 Å². The van der Waals surface area contributed by atoms with Crippen molar-refractivity contribution in [2.75, 3.05) is 13.2 Å². The highest BCUT2D eigenvalue weighted by molar-refractivity contribution is 5.31. The average Bonchev–Trinajstić information content (AvgIpc) is 3.40. The molecule has 0 amide bonds. The highest BCUT2D eigenvalue weighted by Crippen LogP contribution is 2.29. The molecule has 0 aromatic heterocycles. The van der Waals surface area contributed by atoms with E-state index in [1.165, 1.54) is 6.07 Å². The summed E-state index contributed by atoms with van der Waals surface area (Å²) in [6, 6.07) is 15.0. The lowest BCUT2D eigenvalue weighted by Crippen LogP contribution is -2.37. The van der Waals surface area contributed by atoms with Gasteiger partial charge in [-0.05, 0) is 37.5 Å². The Hall–Kier alpha value is -1.91. The second kappa shape index (κ2) is 7.77. The average molecular weight is 329 g/mol. The molecule has 1 N–H and O–H groups in total. The summed E-state index contributed by atoms with van der Waals surface area (Å²) in [5, 5.41) is 10.3. The number of aliphatic hydroxyl groups is 1. The minimum absolute atomic E-state index is 0.186. The Bertz CT molecular complexity index is 672. The number of halogens is 1. The van der Waals surface area contributed by atoms with Gasteiger partial charge in [0.1, 0.15) is 24.3 Å². The van der Waals surface area contributed by atoms with Crippen molar-refractivity contribution in [3.63, 3.8) is 0 Å². The molecule has 0 unspecified atom stereocenters. The molecule has 2 aromatic carbocycles. The molecule has 1 fully saturated rings. The maximum atomic E-state index is 13.9. The van der Waals surface area contributed by atoms with Crippen molar-refractivity contribution in [3.8, 4) is 5.75 Å². The first-order valence-electron chi connectivity index (χ1n) is 8.47. The lowest BCUT2D eigenvalue weighted by molar-refractivity contribution is 0.0620. The summed E-state index contributed by atoms with van der Waals surface area (Å²) in [5.41, 5.74) is 1.73. The minimum atomic E-state index is -0.600. The third-order valence-corrected chi connectivity index (χ3v) is 4.36. The molecule has 128 valence electrons. The van der Waals surface area contributed by atoms with E-state index in [1.807, 2.05) is 37.3 Å². The monoisotopic (exact) mass is 329 g/mol. The second-order valence-electron chi connectivity index (χ2n) is 6.48. The Kier molecular flexibility index (Phi) is 5.48. The molecule has 0 radical (unpaired) electrons. The Morgan fingerprint density at radius 2 is 1.88 bits per heavy atom.